The van der Waals surface area contributed by atoms with Crippen molar-refractivity contribution in [3.63, 3.8) is 0 Å². The quantitative estimate of drug-likeness (QED) is 0.758. The minimum Gasteiger partial charge on any atom is -0.484 e. The fourth-order valence-electron chi connectivity index (χ4n) is 1.80. The van der Waals surface area contributed by atoms with Crippen molar-refractivity contribution in [2.24, 2.45) is 0 Å². The number of fused-ring (bicyclic) bond motifs is 1. The molecular weight excluding hydrogens is 190 g/mol. The molecule has 0 bridgehead atoms. The summed E-state index contributed by atoms with van der Waals surface area (Å²) in [5.41, 5.74) is 1.07. The van der Waals surface area contributed by atoms with Gasteiger partial charge in [-0.15, -0.1) is 6.58 Å². The van der Waals surface area contributed by atoms with Crippen LogP contribution in [0, 0.1) is 0 Å². The molecule has 3 heteroatoms. The molecule has 1 N–H and O–H groups in total. The van der Waals surface area contributed by atoms with Crippen LogP contribution in [0.25, 0.3) is 0 Å². The van der Waals surface area contributed by atoms with E-state index in [2.05, 4.69) is 11.5 Å². The van der Waals surface area contributed by atoms with Crippen molar-refractivity contribution in [1.29, 1.82) is 0 Å². The average molecular weight is 205 g/mol. The van der Waals surface area contributed by atoms with Gasteiger partial charge in [0.1, 0.15) is 11.9 Å². The van der Waals surface area contributed by atoms with Gasteiger partial charge >= 0.3 is 0 Å². The van der Waals surface area contributed by atoms with Gasteiger partial charge in [0.15, 0.2) is 0 Å². The van der Waals surface area contributed by atoms with Gasteiger partial charge in [-0.05, 0) is 12.1 Å². The number of benzene rings is 1. The number of para-hydroxylation sites is 2. The highest BCUT2D eigenvalue weighted by atomic mass is 16.5. The summed E-state index contributed by atoms with van der Waals surface area (Å²) in [6, 6.07) is 7.86. The first-order chi connectivity index (χ1) is 7.35. The van der Waals surface area contributed by atoms with Crippen molar-refractivity contribution in [2.75, 3.05) is 24.6 Å². The zero-order valence-corrected chi connectivity index (χ0v) is 8.60. The molecule has 0 fully saturated rings. The molecule has 1 aromatic rings. The molecule has 0 aliphatic carbocycles. The maximum atomic E-state index is 9.13. The molecule has 1 unspecified atom stereocenters. The van der Waals surface area contributed by atoms with Gasteiger partial charge in [-0.25, -0.2) is 0 Å². The molecule has 1 heterocycles. The van der Waals surface area contributed by atoms with E-state index in [-0.39, 0.29) is 12.7 Å². The Morgan fingerprint density at radius 1 is 1.53 bits per heavy atom. The van der Waals surface area contributed by atoms with Crippen LogP contribution in [0.15, 0.2) is 36.9 Å². The van der Waals surface area contributed by atoms with E-state index in [1.165, 1.54) is 0 Å². The number of ether oxygens (including phenoxy) is 1. The highest BCUT2D eigenvalue weighted by Crippen LogP contribution is 2.32. The fraction of sp³-hybridized carbons (Fsp3) is 0.333. The number of nitrogens with zero attached hydrogens (tertiary/aromatic N) is 1. The molecule has 1 atom stereocenters. The smallest absolute Gasteiger partial charge is 0.143 e. The molecule has 3 nitrogen and oxygen atoms in total. The molecule has 0 saturated carbocycles. The second kappa shape index (κ2) is 4.36. The van der Waals surface area contributed by atoms with Crippen LogP contribution in [0.4, 0.5) is 5.69 Å². The Kier molecular flexibility index (Phi) is 2.92. The summed E-state index contributed by atoms with van der Waals surface area (Å²) in [4.78, 5) is 2.16. The van der Waals surface area contributed by atoms with Gasteiger partial charge in [0, 0.05) is 6.54 Å². The lowest BCUT2D eigenvalue weighted by Gasteiger charge is -2.34. The zero-order valence-electron chi connectivity index (χ0n) is 8.60. The number of anilines is 1. The number of aliphatic hydroxyl groups excluding tert-OH is 1. The second-order valence-electron chi connectivity index (χ2n) is 3.58. The van der Waals surface area contributed by atoms with Crippen LogP contribution in [-0.4, -0.2) is 30.9 Å². The fourth-order valence-corrected chi connectivity index (χ4v) is 1.80. The van der Waals surface area contributed by atoms with Crippen LogP contribution in [0.2, 0.25) is 0 Å². The van der Waals surface area contributed by atoms with E-state index >= 15 is 0 Å². The third kappa shape index (κ3) is 1.97. The Morgan fingerprint density at radius 3 is 3.07 bits per heavy atom. The van der Waals surface area contributed by atoms with Gasteiger partial charge in [-0.2, -0.15) is 0 Å². The van der Waals surface area contributed by atoms with E-state index in [1.807, 2.05) is 30.3 Å². The second-order valence-corrected chi connectivity index (χ2v) is 3.58. The molecule has 0 spiro atoms. The normalized spacial score (nSPS) is 19.3. The Labute approximate surface area is 89.6 Å². The van der Waals surface area contributed by atoms with Gasteiger partial charge in [0.05, 0.1) is 18.8 Å². The molecule has 0 saturated heterocycles. The van der Waals surface area contributed by atoms with Crippen LogP contribution in [0.1, 0.15) is 0 Å². The van der Waals surface area contributed by atoms with Gasteiger partial charge in [0.2, 0.25) is 0 Å². The van der Waals surface area contributed by atoms with Gasteiger partial charge in [-0.1, -0.05) is 18.2 Å². The predicted octanol–water partition coefficient (Wildman–Crippen LogP) is 1.43. The first-order valence-electron chi connectivity index (χ1n) is 5.07. The number of aliphatic hydroxyl groups is 1. The van der Waals surface area contributed by atoms with E-state index in [4.69, 9.17) is 9.84 Å². The number of rotatable bonds is 3. The molecule has 0 aromatic heterocycles. The number of hydrogen-bond donors (Lipinski definition) is 1. The van der Waals surface area contributed by atoms with E-state index in [1.54, 1.807) is 0 Å². The van der Waals surface area contributed by atoms with Crippen molar-refractivity contribution in [1.82, 2.24) is 0 Å². The van der Waals surface area contributed by atoms with Gasteiger partial charge in [-0.3, -0.25) is 0 Å². The maximum absolute atomic E-state index is 9.13. The molecular formula is C12H15NO2. The Bertz CT molecular complexity index is 351. The molecule has 1 aromatic carbocycles. The summed E-state index contributed by atoms with van der Waals surface area (Å²) in [5.74, 6) is 0.838. The molecule has 2 rings (SSSR count). The Balaban J connectivity index is 2.29. The monoisotopic (exact) mass is 205 g/mol. The Morgan fingerprint density at radius 2 is 2.33 bits per heavy atom. The van der Waals surface area contributed by atoms with Crippen molar-refractivity contribution in [3.05, 3.63) is 36.9 Å². The average Bonchev–Trinajstić information content (AvgIpc) is 2.29. The highest BCUT2D eigenvalue weighted by molar-refractivity contribution is 5.60. The van der Waals surface area contributed by atoms with E-state index in [0.717, 1.165) is 18.0 Å². The molecule has 15 heavy (non-hydrogen) atoms. The van der Waals surface area contributed by atoms with E-state index < -0.39 is 0 Å². The van der Waals surface area contributed by atoms with Crippen molar-refractivity contribution in [2.45, 2.75) is 6.10 Å². The van der Waals surface area contributed by atoms with E-state index in [9.17, 15) is 0 Å². The predicted molar refractivity (Wildman–Crippen MR) is 60.4 cm³/mol. The lowest BCUT2D eigenvalue weighted by atomic mass is 10.2. The molecule has 80 valence electrons. The summed E-state index contributed by atoms with van der Waals surface area (Å²) in [5, 5.41) is 9.13. The SMILES string of the molecule is C=CCN1CC(CO)Oc2ccccc21. The van der Waals surface area contributed by atoms with Crippen molar-refractivity contribution in [3.8, 4) is 5.75 Å². The maximum Gasteiger partial charge on any atom is 0.143 e. The van der Waals surface area contributed by atoms with Gasteiger partial charge in [0.25, 0.3) is 0 Å². The van der Waals surface area contributed by atoms with Crippen LogP contribution in [0.5, 0.6) is 5.75 Å². The molecule has 1 aliphatic rings. The molecule has 1 aliphatic heterocycles. The van der Waals surface area contributed by atoms with Crippen LogP contribution >= 0.6 is 0 Å². The Hall–Kier alpha value is -1.48. The third-order valence-corrected chi connectivity index (χ3v) is 2.48. The molecule has 0 radical (unpaired) electrons. The number of hydrogen-bond acceptors (Lipinski definition) is 3. The van der Waals surface area contributed by atoms with Crippen LogP contribution < -0.4 is 9.64 Å². The first-order valence-corrected chi connectivity index (χ1v) is 5.07. The topological polar surface area (TPSA) is 32.7 Å². The minimum absolute atomic E-state index is 0.0436. The molecule has 0 amide bonds. The van der Waals surface area contributed by atoms with Gasteiger partial charge < -0.3 is 14.7 Å². The summed E-state index contributed by atoms with van der Waals surface area (Å²) in [7, 11) is 0. The summed E-state index contributed by atoms with van der Waals surface area (Å²) in [6.07, 6.45) is 1.72. The first kappa shape index (κ1) is 10.1. The summed E-state index contributed by atoms with van der Waals surface area (Å²) in [6.45, 7) is 5.26. The highest BCUT2D eigenvalue weighted by Gasteiger charge is 2.23. The third-order valence-electron chi connectivity index (χ3n) is 2.48. The minimum atomic E-state index is -0.139. The largest absolute Gasteiger partial charge is 0.484 e. The lowest BCUT2D eigenvalue weighted by molar-refractivity contribution is 0.113. The van der Waals surface area contributed by atoms with Crippen molar-refractivity contribution < 1.29 is 9.84 Å². The van der Waals surface area contributed by atoms with Crippen molar-refractivity contribution >= 4 is 5.69 Å². The van der Waals surface area contributed by atoms with Crippen LogP contribution in [0.3, 0.4) is 0 Å². The lowest BCUT2D eigenvalue weighted by Crippen LogP contribution is -2.42. The van der Waals surface area contributed by atoms with Crippen LogP contribution in [-0.2, 0) is 0 Å². The summed E-state index contributed by atoms with van der Waals surface area (Å²) < 4.78 is 5.63. The van der Waals surface area contributed by atoms with E-state index in [0.29, 0.717) is 6.54 Å². The standard InChI is InChI=1S/C12H15NO2/c1-2-7-13-8-10(9-14)15-12-6-4-3-5-11(12)13/h2-6,10,14H,1,7-9H2. The summed E-state index contributed by atoms with van der Waals surface area (Å²) >= 11 is 0. The zero-order chi connectivity index (χ0) is 10.7.